The largest absolute Gasteiger partial charge is 0.462 e. The van der Waals surface area contributed by atoms with E-state index in [4.69, 9.17) is 4.74 Å². The van der Waals surface area contributed by atoms with Crippen LogP contribution in [-0.2, 0) is 14.8 Å². The number of hydrogen-bond acceptors (Lipinski definition) is 6. The molecule has 0 atom stereocenters. The molecule has 0 spiro atoms. The van der Waals surface area contributed by atoms with E-state index in [1.54, 1.807) is 19.9 Å². The molecule has 0 amide bonds. The molecule has 0 aliphatic heterocycles. The summed E-state index contributed by atoms with van der Waals surface area (Å²) in [6.07, 6.45) is 0. The van der Waals surface area contributed by atoms with Gasteiger partial charge in [0.15, 0.2) is 0 Å². The lowest BCUT2D eigenvalue weighted by Gasteiger charge is -2.13. The first-order valence-corrected chi connectivity index (χ1v) is 12.7. The van der Waals surface area contributed by atoms with Crippen LogP contribution in [0.3, 0.4) is 0 Å². The number of ether oxygens (including phenoxy) is 1. The van der Waals surface area contributed by atoms with Crippen LogP contribution in [0.1, 0.15) is 34.1 Å². The molecule has 4 aromatic rings. The third-order valence-corrected chi connectivity index (χ3v) is 7.31. The van der Waals surface area contributed by atoms with Gasteiger partial charge in [-0.2, -0.15) is 0 Å². The van der Waals surface area contributed by atoms with E-state index < -0.39 is 20.9 Å². The fraction of sp³-hybridized carbons (Fsp3) is 0.192. The number of aryl methyl sites for hydroxylation is 2. The minimum atomic E-state index is -4.05. The van der Waals surface area contributed by atoms with Crippen molar-refractivity contribution < 1.29 is 22.9 Å². The number of rotatable bonds is 7. The van der Waals surface area contributed by atoms with Gasteiger partial charge in [-0.15, -0.1) is 0 Å². The standard InChI is InChI=1S/C26H25N3O6S/c1-5-35-26(30)25-18(4)28(19-8-6-16(2)7-9-19)24-14-17(3)23(15-22(24)25)27-36(33,34)21-12-10-20(11-13-21)29(31)32/h6-15,27H,5H2,1-4H3. The topological polar surface area (TPSA) is 121 Å². The van der Waals surface area contributed by atoms with Gasteiger partial charge in [-0.3, -0.25) is 14.8 Å². The van der Waals surface area contributed by atoms with Crippen LogP contribution in [-0.4, -0.2) is 30.5 Å². The monoisotopic (exact) mass is 507 g/mol. The lowest BCUT2D eigenvalue weighted by molar-refractivity contribution is -0.384. The molecule has 10 heteroatoms. The van der Waals surface area contributed by atoms with Crippen molar-refractivity contribution in [1.29, 1.82) is 0 Å². The fourth-order valence-electron chi connectivity index (χ4n) is 4.11. The maximum Gasteiger partial charge on any atom is 0.340 e. The highest BCUT2D eigenvalue weighted by molar-refractivity contribution is 7.92. The predicted octanol–water partition coefficient (Wildman–Crippen LogP) is 5.44. The van der Waals surface area contributed by atoms with Crippen LogP contribution in [0, 0.1) is 30.9 Å². The molecule has 0 radical (unpaired) electrons. The van der Waals surface area contributed by atoms with Crippen LogP contribution in [0.25, 0.3) is 16.6 Å². The molecular formula is C26H25N3O6S. The van der Waals surface area contributed by atoms with Crippen LogP contribution >= 0.6 is 0 Å². The maximum absolute atomic E-state index is 13.0. The van der Waals surface area contributed by atoms with E-state index in [1.807, 2.05) is 48.7 Å². The summed E-state index contributed by atoms with van der Waals surface area (Å²) < 4.78 is 35.9. The van der Waals surface area contributed by atoms with E-state index in [0.717, 1.165) is 28.9 Å². The maximum atomic E-state index is 13.0. The van der Waals surface area contributed by atoms with Gasteiger partial charge >= 0.3 is 5.97 Å². The van der Waals surface area contributed by atoms with Crippen LogP contribution in [0.15, 0.2) is 65.6 Å². The molecule has 0 saturated carbocycles. The number of esters is 1. The number of nitro benzene ring substituents is 1. The zero-order valence-electron chi connectivity index (χ0n) is 20.2. The number of sulfonamides is 1. The summed E-state index contributed by atoms with van der Waals surface area (Å²) in [7, 11) is -4.05. The van der Waals surface area contributed by atoms with Gasteiger partial charge in [0.05, 0.1) is 33.2 Å². The van der Waals surface area contributed by atoms with E-state index in [2.05, 4.69) is 4.72 Å². The Bertz CT molecular complexity index is 1590. The van der Waals surface area contributed by atoms with Crippen molar-refractivity contribution in [2.24, 2.45) is 0 Å². The lowest BCUT2D eigenvalue weighted by Crippen LogP contribution is -2.14. The first-order valence-electron chi connectivity index (χ1n) is 11.2. The van der Waals surface area contributed by atoms with Crippen molar-refractivity contribution in [2.45, 2.75) is 32.6 Å². The van der Waals surface area contributed by atoms with E-state index >= 15 is 0 Å². The van der Waals surface area contributed by atoms with Gasteiger partial charge in [-0.1, -0.05) is 17.7 Å². The van der Waals surface area contributed by atoms with E-state index in [-0.39, 0.29) is 22.9 Å². The van der Waals surface area contributed by atoms with Crippen LogP contribution in [0.4, 0.5) is 11.4 Å². The first-order chi connectivity index (χ1) is 17.0. The summed E-state index contributed by atoms with van der Waals surface area (Å²) in [5.41, 5.74) is 4.41. The Morgan fingerprint density at radius 2 is 1.67 bits per heavy atom. The Labute approximate surface area is 208 Å². The molecule has 9 nitrogen and oxygen atoms in total. The summed E-state index contributed by atoms with van der Waals surface area (Å²) in [5.74, 6) is -0.501. The number of hydrogen-bond donors (Lipinski definition) is 1. The second-order valence-corrected chi connectivity index (χ2v) is 10.1. The summed E-state index contributed by atoms with van der Waals surface area (Å²) in [5, 5.41) is 11.4. The van der Waals surface area contributed by atoms with Crippen molar-refractivity contribution >= 4 is 38.3 Å². The third kappa shape index (κ3) is 4.55. The highest BCUT2D eigenvalue weighted by Crippen LogP contribution is 2.34. The number of non-ortho nitro benzene ring substituents is 1. The zero-order valence-corrected chi connectivity index (χ0v) is 21.0. The molecule has 0 bridgehead atoms. The molecule has 0 fully saturated rings. The summed E-state index contributed by atoms with van der Waals surface area (Å²) in [4.78, 5) is 23.1. The zero-order chi connectivity index (χ0) is 26.2. The quantitative estimate of drug-likeness (QED) is 0.202. The Morgan fingerprint density at radius 3 is 2.25 bits per heavy atom. The summed E-state index contributed by atoms with van der Waals surface area (Å²) in [6, 6.07) is 15.9. The summed E-state index contributed by atoms with van der Waals surface area (Å²) in [6.45, 7) is 7.49. The molecule has 1 heterocycles. The predicted molar refractivity (Wildman–Crippen MR) is 137 cm³/mol. The average molecular weight is 508 g/mol. The molecule has 3 aromatic carbocycles. The van der Waals surface area contributed by atoms with Gasteiger partial charge in [-0.05, 0) is 69.7 Å². The van der Waals surface area contributed by atoms with Gasteiger partial charge < -0.3 is 9.30 Å². The Kier molecular flexibility index (Phi) is 6.55. The lowest BCUT2D eigenvalue weighted by atomic mass is 10.1. The molecule has 186 valence electrons. The van der Waals surface area contributed by atoms with E-state index in [1.165, 1.54) is 12.1 Å². The number of carbonyl (C=O) groups is 1. The second-order valence-electron chi connectivity index (χ2n) is 8.39. The van der Waals surface area contributed by atoms with Gasteiger partial charge in [-0.25, -0.2) is 13.2 Å². The highest BCUT2D eigenvalue weighted by atomic mass is 32.2. The number of carbonyl (C=O) groups excluding carboxylic acids is 1. The molecular weight excluding hydrogens is 482 g/mol. The first kappa shape index (κ1) is 24.9. The fourth-order valence-corrected chi connectivity index (χ4v) is 5.24. The molecule has 36 heavy (non-hydrogen) atoms. The van der Waals surface area contributed by atoms with Gasteiger partial charge in [0, 0.05) is 28.9 Å². The smallest absolute Gasteiger partial charge is 0.340 e. The van der Waals surface area contributed by atoms with Gasteiger partial charge in [0.1, 0.15) is 0 Å². The molecule has 0 unspecified atom stereocenters. The van der Waals surface area contributed by atoms with Crippen LogP contribution < -0.4 is 4.72 Å². The van der Waals surface area contributed by atoms with Crippen molar-refractivity contribution in [3.63, 3.8) is 0 Å². The molecule has 1 N–H and O–H groups in total. The number of nitro groups is 1. The molecule has 4 rings (SSSR count). The number of benzene rings is 3. The van der Waals surface area contributed by atoms with Crippen molar-refractivity contribution in [3.05, 3.63) is 93.2 Å². The number of fused-ring (bicyclic) bond motifs is 1. The highest BCUT2D eigenvalue weighted by Gasteiger charge is 2.24. The molecule has 0 aliphatic rings. The van der Waals surface area contributed by atoms with E-state index in [9.17, 15) is 23.3 Å². The van der Waals surface area contributed by atoms with Crippen molar-refractivity contribution in [3.8, 4) is 5.69 Å². The molecule has 0 saturated heterocycles. The summed E-state index contributed by atoms with van der Waals surface area (Å²) >= 11 is 0. The Balaban J connectivity index is 1.86. The molecule has 0 aliphatic carbocycles. The minimum absolute atomic E-state index is 0.119. The number of anilines is 1. The number of aromatic nitrogens is 1. The number of nitrogens with zero attached hydrogens (tertiary/aromatic N) is 2. The molecule has 1 aromatic heterocycles. The van der Waals surface area contributed by atoms with Crippen molar-refractivity contribution in [1.82, 2.24) is 4.57 Å². The minimum Gasteiger partial charge on any atom is -0.462 e. The Morgan fingerprint density at radius 1 is 1.03 bits per heavy atom. The van der Waals surface area contributed by atoms with Crippen LogP contribution in [0.5, 0.6) is 0 Å². The SMILES string of the molecule is CCOC(=O)c1c(C)n(-c2ccc(C)cc2)c2cc(C)c(NS(=O)(=O)c3ccc([N+](=O)[O-])cc3)cc12. The third-order valence-electron chi connectivity index (χ3n) is 5.92. The van der Waals surface area contributed by atoms with Crippen LogP contribution in [0.2, 0.25) is 0 Å². The van der Waals surface area contributed by atoms with Crippen molar-refractivity contribution in [2.75, 3.05) is 11.3 Å². The Hall–Kier alpha value is -4.18. The van der Waals surface area contributed by atoms with E-state index in [0.29, 0.717) is 22.2 Å². The normalized spacial score (nSPS) is 11.4. The van der Waals surface area contributed by atoms with Gasteiger partial charge in [0.25, 0.3) is 15.7 Å². The second kappa shape index (κ2) is 9.46. The number of nitrogens with one attached hydrogen (secondary N) is 1. The van der Waals surface area contributed by atoms with Gasteiger partial charge in [0.2, 0.25) is 0 Å². The average Bonchev–Trinajstić information content (AvgIpc) is 3.10.